The number of carbonyl (C=O) groups is 1. The van der Waals surface area contributed by atoms with E-state index in [0.29, 0.717) is 30.3 Å². The summed E-state index contributed by atoms with van der Waals surface area (Å²) in [5, 5.41) is 10.2. The number of fused-ring (bicyclic) bond motifs is 3. The maximum atomic E-state index is 13.3. The molecule has 0 saturated carbocycles. The molecule has 5 rings (SSSR count). The van der Waals surface area contributed by atoms with Gasteiger partial charge >= 0.3 is 0 Å². The number of hydrogen-bond donors (Lipinski definition) is 3. The van der Waals surface area contributed by atoms with Crippen LogP contribution in [0.3, 0.4) is 0 Å². The summed E-state index contributed by atoms with van der Waals surface area (Å²) in [6.07, 6.45) is 4.05. The second kappa shape index (κ2) is 9.81. The quantitative estimate of drug-likeness (QED) is 0.344. The van der Waals surface area contributed by atoms with Crippen molar-refractivity contribution < 1.29 is 14.3 Å². The van der Waals surface area contributed by atoms with Gasteiger partial charge < -0.3 is 25.4 Å². The van der Waals surface area contributed by atoms with Gasteiger partial charge in [0.1, 0.15) is 22.7 Å². The Hall–Kier alpha value is -2.60. The zero-order valence-electron chi connectivity index (χ0n) is 20.0. The average molecular weight is 515 g/mol. The van der Waals surface area contributed by atoms with E-state index in [1.54, 1.807) is 30.8 Å². The molecule has 3 aromatic rings. The van der Waals surface area contributed by atoms with Gasteiger partial charge in [0.15, 0.2) is 0 Å². The molecule has 5 N–H and O–H groups in total. The van der Waals surface area contributed by atoms with Crippen LogP contribution in [0.2, 0.25) is 0 Å². The Morgan fingerprint density at radius 1 is 1.29 bits per heavy atom. The summed E-state index contributed by atoms with van der Waals surface area (Å²) >= 11 is 2.74. The molecule has 3 unspecified atom stereocenters. The Morgan fingerprint density at radius 3 is 2.77 bits per heavy atom. The first-order valence-corrected chi connectivity index (χ1v) is 13.4. The van der Waals surface area contributed by atoms with Gasteiger partial charge in [0, 0.05) is 34.8 Å². The molecule has 11 heteroatoms. The van der Waals surface area contributed by atoms with Crippen LogP contribution in [0.25, 0.3) is 10.2 Å². The van der Waals surface area contributed by atoms with Crippen LogP contribution < -0.4 is 20.9 Å². The fraction of sp³-hybridized carbons (Fsp3) is 0.458. The van der Waals surface area contributed by atoms with Crippen molar-refractivity contribution in [1.82, 2.24) is 14.9 Å². The van der Waals surface area contributed by atoms with Crippen LogP contribution in [-0.2, 0) is 22.4 Å². The third kappa shape index (κ3) is 4.65. The van der Waals surface area contributed by atoms with Crippen LogP contribution in [0, 0.1) is 5.92 Å². The monoisotopic (exact) mass is 514 g/mol. The van der Waals surface area contributed by atoms with E-state index < -0.39 is 0 Å². The second-order valence-electron chi connectivity index (χ2n) is 9.18. The number of amides is 1. The van der Waals surface area contributed by atoms with E-state index in [4.69, 9.17) is 20.3 Å². The maximum absolute atomic E-state index is 13.3. The molecule has 0 radical (unpaired) electrons. The van der Waals surface area contributed by atoms with Crippen LogP contribution in [0.15, 0.2) is 23.4 Å². The number of nitrogens with one attached hydrogen (secondary N) is 1. The van der Waals surface area contributed by atoms with Crippen LogP contribution in [0.1, 0.15) is 30.7 Å². The van der Waals surface area contributed by atoms with Crippen LogP contribution >= 0.6 is 23.3 Å². The minimum atomic E-state index is -0.0150. The van der Waals surface area contributed by atoms with E-state index in [0.717, 1.165) is 52.0 Å². The minimum absolute atomic E-state index is 0.0150. The topological polar surface area (TPSA) is 129 Å². The second-order valence-corrected chi connectivity index (χ2v) is 10.9. The molecule has 1 aliphatic heterocycles. The Balaban J connectivity index is 1.43. The number of anilines is 3. The van der Waals surface area contributed by atoms with E-state index in [1.807, 2.05) is 24.8 Å². The molecule has 1 amide bonds. The van der Waals surface area contributed by atoms with Gasteiger partial charge in [0.25, 0.3) is 0 Å². The highest BCUT2D eigenvalue weighted by Crippen LogP contribution is 2.42. The van der Waals surface area contributed by atoms with E-state index in [1.165, 1.54) is 10.4 Å². The molecule has 0 bridgehead atoms. The number of morpholine rings is 1. The third-order valence-electron chi connectivity index (χ3n) is 6.64. The van der Waals surface area contributed by atoms with Crippen molar-refractivity contribution in [2.75, 3.05) is 31.2 Å². The lowest BCUT2D eigenvalue weighted by Crippen LogP contribution is -2.50. The maximum Gasteiger partial charge on any atom is 0.226 e. The predicted octanol–water partition coefficient (Wildman–Crippen LogP) is 3.73. The van der Waals surface area contributed by atoms with Crippen LogP contribution in [0.4, 0.5) is 17.2 Å². The summed E-state index contributed by atoms with van der Waals surface area (Å²) in [4.78, 5) is 27.3. The Kier molecular flexibility index (Phi) is 6.75. The molecule has 35 heavy (non-hydrogen) atoms. The third-order valence-corrected chi connectivity index (χ3v) is 8.41. The average Bonchev–Trinajstić information content (AvgIpc) is 3.22. The number of carbonyl (C=O) groups excluding carboxylic acids is 1. The summed E-state index contributed by atoms with van der Waals surface area (Å²) in [6.45, 7) is 5.37. The predicted molar refractivity (Wildman–Crippen MR) is 140 cm³/mol. The van der Waals surface area contributed by atoms with Gasteiger partial charge in [-0.3, -0.25) is 9.93 Å². The van der Waals surface area contributed by atoms with Crippen LogP contribution in [0.5, 0.6) is 5.75 Å². The number of nitrogens with zero attached hydrogens (tertiary/aromatic N) is 3. The summed E-state index contributed by atoms with van der Waals surface area (Å²) in [5.74, 6) is 1.54. The summed E-state index contributed by atoms with van der Waals surface area (Å²) in [5.41, 5.74) is 8.58. The largest absolute Gasteiger partial charge is 0.494 e. The molecule has 2 aromatic heterocycles. The molecule has 1 aromatic carbocycles. The number of benzene rings is 1. The fourth-order valence-electron chi connectivity index (χ4n) is 5.10. The number of ether oxygens (including phenoxy) is 2. The highest BCUT2D eigenvalue weighted by atomic mass is 32.2. The fourth-order valence-corrected chi connectivity index (χ4v) is 6.75. The van der Waals surface area contributed by atoms with Gasteiger partial charge in [0.05, 0.1) is 36.1 Å². The molecule has 1 fully saturated rings. The molecule has 2 aliphatic rings. The molecule has 3 heterocycles. The van der Waals surface area contributed by atoms with Crippen molar-refractivity contribution in [2.24, 2.45) is 11.1 Å². The molecular weight excluding hydrogens is 484 g/mol. The molecule has 3 atom stereocenters. The first kappa shape index (κ1) is 24.1. The number of aryl methyl sites for hydroxylation is 1. The Morgan fingerprint density at radius 2 is 2.06 bits per heavy atom. The summed E-state index contributed by atoms with van der Waals surface area (Å²) in [7, 11) is 1.60. The normalized spacial score (nSPS) is 22.2. The van der Waals surface area contributed by atoms with Gasteiger partial charge in [0.2, 0.25) is 5.91 Å². The van der Waals surface area contributed by atoms with Gasteiger partial charge in [-0.25, -0.2) is 9.97 Å². The number of nitrogens with two attached hydrogens (primary N) is 2. The van der Waals surface area contributed by atoms with Crippen molar-refractivity contribution >= 4 is 56.6 Å². The zero-order chi connectivity index (χ0) is 24.7. The lowest BCUT2D eigenvalue weighted by atomic mass is 9.86. The number of hydrogen-bond acceptors (Lipinski definition) is 10. The Labute approximate surface area is 212 Å². The van der Waals surface area contributed by atoms with Gasteiger partial charge in [-0.05, 0) is 56.7 Å². The first-order chi connectivity index (χ1) is 16.9. The Bertz CT molecular complexity index is 1260. The van der Waals surface area contributed by atoms with Crippen molar-refractivity contribution in [3.8, 4) is 5.75 Å². The SMILES string of the molecule is COc1cc(N)c(SN)cc1Nc1ncnc2sc3c(c12)CCC(C(=O)N1CC(C)OC(C)C1)C3. The summed E-state index contributed by atoms with van der Waals surface area (Å²) in [6, 6.07) is 3.62. The van der Waals surface area contributed by atoms with E-state index in [-0.39, 0.29) is 24.0 Å². The van der Waals surface area contributed by atoms with Crippen molar-refractivity contribution in [3.63, 3.8) is 0 Å². The summed E-state index contributed by atoms with van der Waals surface area (Å²) < 4.78 is 11.3. The van der Waals surface area contributed by atoms with Gasteiger partial charge in [-0.2, -0.15) is 0 Å². The molecule has 1 saturated heterocycles. The highest BCUT2D eigenvalue weighted by Gasteiger charge is 2.34. The van der Waals surface area contributed by atoms with Crippen molar-refractivity contribution in [2.45, 2.75) is 50.2 Å². The number of nitrogen functional groups attached to an aromatic ring is 1. The van der Waals surface area contributed by atoms with E-state index >= 15 is 0 Å². The first-order valence-electron chi connectivity index (χ1n) is 11.7. The van der Waals surface area contributed by atoms with E-state index in [2.05, 4.69) is 15.3 Å². The number of rotatable bonds is 5. The van der Waals surface area contributed by atoms with Crippen molar-refractivity contribution in [3.05, 3.63) is 28.9 Å². The lowest BCUT2D eigenvalue weighted by Gasteiger charge is -2.37. The molecular formula is C24H30N6O3S2. The zero-order valence-corrected chi connectivity index (χ0v) is 21.7. The van der Waals surface area contributed by atoms with E-state index in [9.17, 15) is 4.79 Å². The molecule has 9 nitrogen and oxygen atoms in total. The molecule has 1 aliphatic carbocycles. The number of thiophene rings is 1. The van der Waals surface area contributed by atoms with Crippen LogP contribution in [-0.4, -0.2) is 53.2 Å². The highest BCUT2D eigenvalue weighted by molar-refractivity contribution is 7.97. The lowest BCUT2D eigenvalue weighted by molar-refractivity contribution is -0.147. The van der Waals surface area contributed by atoms with Gasteiger partial charge in [-0.15, -0.1) is 11.3 Å². The molecule has 186 valence electrons. The van der Waals surface area contributed by atoms with Gasteiger partial charge in [-0.1, -0.05) is 0 Å². The smallest absolute Gasteiger partial charge is 0.226 e. The standard InChI is InChI=1S/C24H30N6O3S2/c1-12-9-30(10-13(2)33-12)24(31)14-4-5-15-19(6-14)34-23-21(15)22(27-11-28-23)29-17-8-20(35-26)16(25)7-18(17)32-3/h7-8,11-14H,4-6,9-10,25-26H2,1-3H3,(H,27,28,29). The van der Waals surface area contributed by atoms with Crippen molar-refractivity contribution in [1.29, 1.82) is 0 Å². The minimum Gasteiger partial charge on any atom is -0.494 e. The number of aromatic nitrogens is 2. The molecule has 0 spiro atoms. The number of methoxy groups -OCH3 is 1.